The summed E-state index contributed by atoms with van der Waals surface area (Å²) in [5.74, 6) is -2.00. The fraction of sp³-hybridized carbons (Fsp3) is 0.706. The van der Waals surface area contributed by atoms with E-state index in [4.69, 9.17) is 16.6 Å². The maximum Gasteiger partial charge on any atom is 0.325 e. The molecule has 0 bridgehead atoms. The number of unbranched alkanes of at least 4 members (excludes halogenated alkanes) is 2. The van der Waals surface area contributed by atoms with E-state index in [-0.39, 0.29) is 30.1 Å². The van der Waals surface area contributed by atoms with Crippen LogP contribution in [0.25, 0.3) is 0 Å². The van der Waals surface area contributed by atoms with E-state index < -0.39 is 18.1 Å². The van der Waals surface area contributed by atoms with Gasteiger partial charge in [0.2, 0.25) is 17.7 Å². The Kier molecular flexibility index (Phi) is 12.8. The largest absolute Gasteiger partial charge is 0.480 e. The van der Waals surface area contributed by atoms with Crippen molar-refractivity contribution in [1.29, 1.82) is 0 Å². The highest BCUT2D eigenvalue weighted by atomic mass is 16.4. The van der Waals surface area contributed by atoms with E-state index >= 15 is 0 Å². The maximum atomic E-state index is 12.2. The molecule has 0 aliphatic rings. The van der Waals surface area contributed by atoms with Gasteiger partial charge in [-0.3, -0.25) is 24.2 Å². The van der Waals surface area contributed by atoms with Crippen molar-refractivity contribution in [2.24, 2.45) is 16.5 Å². The standard InChI is InChI=1S/C17H32N6O5/c1-11(16(27)28)22-14(25)8-4-3-5-9-20-15(26)13(23-12(2)24)7-6-10-21-17(18)19/h11,13H,3-10H2,1-2H3,(H,20,26)(H,22,25)(H,23,24)(H,27,28)(H4,18,19,21)/t11-,13-/m0/s1. The first-order valence-electron chi connectivity index (χ1n) is 9.25. The highest BCUT2D eigenvalue weighted by Gasteiger charge is 2.18. The molecule has 28 heavy (non-hydrogen) atoms. The van der Waals surface area contributed by atoms with Crippen LogP contribution in [0, 0.1) is 0 Å². The SMILES string of the molecule is CC(=O)N[C@@H](CCCN=C(N)N)C(=O)NCCCCCC(=O)N[C@@H](C)C(=O)O. The number of hydrogen-bond acceptors (Lipinski definition) is 5. The molecule has 0 aromatic carbocycles. The highest BCUT2D eigenvalue weighted by Crippen LogP contribution is 2.02. The van der Waals surface area contributed by atoms with Gasteiger partial charge in [0.15, 0.2) is 5.96 Å². The molecule has 3 amide bonds. The second-order valence-corrected chi connectivity index (χ2v) is 6.43. The van der Waals surface area contributed by atoms with Crippen LogP contribution in [-0.2, 0) is 19.2 Å². The second-order valence-electron chi connectivity index (χ2n) is 6.43. The molecule has 0 aliphatic carbocycles. The van der Waals surface area contributed by atoms with E-state index in [1.807, 2.05) is 0 Å². The Labute approximate surface area is 164 Å². The average molecular weight is 400 g/mol. The molecule has 0 radical (unpaired) electrons. The fourth-order valence-electron chi connectivity index (χ4n) is 2.32. The van der Waals surface area contributed by atoms with E-state index in [1.165, 1.54) is 13.8 Å². The number of nitrogens with one attached hydrogen (secondary N) is 3. The van der Waals surface area contributed by atoms with Crippen molar-refractivity contribution in [3.05, 3.63) is 0 Å². The predicted octanol–water partition coefficient (Wildman–Crippen LogP) is -1.19. The van der Waals surface area contributed by atoms with Crippen LogP contribution in [0.3, 0.4) is 0 Å². The third-order valence-electron chi connectivity index (χ3n) is 3.77. The highest BCUT2D eigenvalue weighted by molar-refractivity contribution is 5.86. The van der Waals surface area contributed by atoms with Crippen LogP contribution in [-0.4, -0.2) is 59.9 Å². The molecule has 11 nitrogen and oxygen atoms in total. The van der Waals surface area contributed by atoms with E-state index in [0.717, 1.165) is 0 Å². The number of carbonyl (C=O) groups is 4. The fourth-order valence-corrected chi connectivity index (χ4v) is 2.32. The van der Waals surface area contributed by atoms with Gasteiger partial charge in [-0.1, -0.05) is 6.42 Å². The quantitative estimate of drug-likeness (QED) is 0.120. The molecule has 2 atom stereocenters. The van der Waals surface area contributed by atoms with Gasteiger partial charge in [0.25, 0.3) is 0 Å². The lowest BCUT2D eigenvalue weighted by Gasteiger charge is -2.17. The topological polar surface area (TPSA) is 189 Å². The minimum atomic E-state index is -1.08. The Morgan fingerprint density at radius 2 is 1.71 bits per heavy atom. The molecule has 0 saturated heterocycles. The number of rotatable bonds is 14. The number of nitrogens with zero attached hydrogens (tertiary/aromatic N) is 1. The first-order chi connectivity index (χ1) is 13.1. The normalized spacial score (nSPS) is 12.4. The lowest BCUT2D eigenvalue weighted by molar-refractivity contribution is -0.141. The number of aliphatic carboxylic acids is 1. The van der Waals surface area contributed by atoms with Crippen molar-refractivity contribution < 1.29 is 24.3 Å². The Balaban J connectivity index is 4.06. The lowest BCUT2D eigenvalue weighted by Crippen LogP contribution is -2.46. The van der Waals surface area contributed by atoms with Crippen LogP contribution >= 0.6 is 0 Å². The minimum absolute atomic E-state index is 0.0216. The molecule has 160 valence electrons. The molecule has 0 fully saturated rings. The summed E-state index contributed by atoms with van der Waals surface area (Å²) in [5.41, 5.74) is 10.5. The molecule has 0 spiro atoms. The van der Waals surface area contributed by atoms with Crippen molar-refractivity contribution >= 4 is 29.7 Å². The maximum absolute atomic E-state index is 12.2. The summed E-state index contributed by atoms with van der Waals surface area (Å²) in [6.45, 7) is 3.52. The van der Waals surface area contributed by atoms with Crippen LogP contribution in [0.15, 0.2) is 4.99 Å². The first-order valence-corrected chi connectivity index (χ1v) is 9.25. The van der Waals surface area contributed by atoms with E-state index in [0.29, 0.717) is 45.2 Å². The summed E-state index contributed by atoms with van der Waals surface area (Å²) in [5, 5.41) is 16.5. The molecular formula is C17H32N6O5. The molecule has 0 saturated carbocycles. The monoisotopic (exact) mass is 400 g/mol. The Morgan fingerprint density at radius 3 is 2.29 bits per heavy atom. The van der Waals surface area contributed by atoms with Crippen molar-refractivity contribution in [2.75, 3.05) is 13.1 Å². The zero-order chi connectivity index (χ0) is 21.5. The van der Waals surface area contributed by atoms with Crippen LogP contribution in [0.4, 0.5) is 0 Å². The van der Waals surface area contributed by atoms with Crippen LogP contribution < -0.4 is 27.4 Å². The molecule has 0 rings (SSSR count). The minimum Gasteiger partial charge on any atom is -0.480 e. The third kappa shape index (κ3) is 13.4. The molecule has 0 unspecified atom stereocenters. The average Bonchev–Trinajstić information content (AvgIpc) is 2.59. The number of nitrogens with two attached hydrogens (primary N) is 2. The number of carbonyl (C=O) groups excluding carboxylic acids is 3. The Bertz CT molecular complexity index is 562. The van der Waals surface area contributed by atoms with Crippen LogP contribution in [0.1, 0.15) is 52.4 Å². The van der Waals surface area contributed by atoms with Gasteiger partial charge in [-0.25, -0.2) is 0 Å². The van der Waals surface area contributed by atoms with Gasteiger partial charge in [-0.05, 0) is 32.6 Å². The Morgan fingerprint density at radius 1 is 1.04 bits per heavy atom. The van der Waals surface area contributed by atoms with Crippen molar-refractivity contribution in [3.8, 4) is 0 Å². The molecule has 0 aliphatic heterocycles. The number of aliphatic imine (C=N–C) groups is 1. The molecular weight excluding hydrogens is 368 g/mol. The number of hydrogen-bond donors (Lipinski definition) is 6. The summed E-state index contributed by atoms with van der Waals surface area (Å²) in [6, 6.07) is -1.57. The van der Waals surface area contributed by atoms with Crippen LogP contribution in [0.2, 0.25) is 0 Å². The molecule has 0 aromatic rings. The number of carboxylic acids is 1. The van der Waals surface area contributed by atoms with Crippen molar-refractivity contribution in [1.82, 2.24) is 16.0 Å². The third-order valence-corrected chi connectivity index (χ3v) is 3.77. The van der Waals surface area contributed by atoms with Crippen LogP contribution in [0.5, 0.6) is 0 Å². The predicted molar refractivity (Wildman–Crippen MR) is 104 cm³/mol. The molecule has 8 N–H and O–H groups in total. The number of amides is 3. The molecule has 11 heteroatoms. The second kappa shape index (κ2) is 14.2. The van der Waals surface area contributed by atoms with E-state index in [1.54, 1.807) is 0 Å². The van der Waals surface area contributed by atoms with Gasteiger partial charge in [-0.2, -0.15) is 0 Å². The Hall–Kier alpha value is -2.85. The summed E-state index contributed by atoms with van der Waals surface area (Å²) < 4.78 is 0. The van der Waals surface area contributed by atoms with E-state index in [9.17, 15) is 19.2 Å². The molecule has 0 heterocycles. The van der Waals surface area contributed by atoms with Gasteiger partial charge in [0, 0.05) is 26.4 Å². The smallest absolute Gasteiger partial charge is 0.325 e. The molecule has 0 aromatic heterocycles. The van der Waals surface area contributed by atoms with Gasteiger partial charge in [0.1, 0.15) is 12.1 Å². The van der Waals surface area contributed by atoms with Gasteiger partial charge >= 0.3 is 5.97 Å². The van der Waals surface area contributed by atoms with Crippen molar-refractivity contribution in [2.45, 2.75) is 64.5 Å². The van der Waals surface area contributed by atoms with E-state index in [2.05, 4.69) is 20.9 Å². The zero-order valence-corrected chi connectivity index (χ0v) is 16.5. The van der Waals surface area contributed by atoms with Crippen molar-refractivity contribution in [3.63, 3.8) is 0 Å². The first kappa shape index (κ1) is 25.1. The summed E-state index contributed by atoms with van der Waals surface area (Å²) in [4.78, 5) is 49.5. The number of carboxylic acid groups (broad SMARTS) is 1. The van der Waals surface area contributed by atoms with Gasteiger partial charge < -0.3 is 32.5 Å². The van der Waals surface area contributed by atoms with Gasteiger partial charge in [-0.15, -0.1) is 0 Å². The van der Waals surface area contributed by atoms with Gasteiger partial charge in [0.05, 0.1) is 0 Å². The lowest BCUT2D eigenvalue weighted by atomic mass is 10.1. The number of guanidine groups is 1. The zero-order valence-electron chi connectivity index (χ0n) is 16.5. The summed E-state index contributed by atoms with van der Waals surface area (Å²) in [6.07, 6.45) is 3.12. The summed E-state index contributed by atoms with van der Waals surface area (Å²) >= 11 is 0. The summed E-state index contributed by atoms with van der Waals surface area (Å²) in [7, 11) is 0.